The highest BCUT2D eigenvalue weighted by Gasteiger charge is 2.44. The maximum absolute atomic E-state index is 12.4. The van der Waals surface area contributed by atoms with Crippen LogP contribution in [0.25, 0.3) is 0 Å². The first-order valence-electron chi connectivity index (χ1n) is 6.23. The minimum absolute atomic E-state index is 0.125. The molecular formula is C12H20F3NO3. The van der Waals surface area contributed by atoms with Gasteiger partial charge in [0, 0.05) is 13.1 Å². The molecule has 1 aliphatic rings. The summed E-state index contributed by atoms with van der Waals surface area (Å²) in [6.07, 6.45) is -7.18. The van der Waals surface area contributed by atoms with Gasteiger partial charge in [0.2, 0.25) is 0 Å². The van der Waals surface area contributed by atoms with Crippen molar-refractivity contribution in [1.82, 2.24) is 4.90 Å². The van der Waals surface area contributed by atoms with Gasteiger partial charge in [-0.2, -0.15) is 13.2 Å². The number of aliphatic hydroxyl groups excluding tert-OH is 1. The molecule has 4 nitrogen and oxygen atoms in total. The quantitative estimate of drug-likeness (QED) is 0.804. The molecule has 19 heavy (non-hydrogen) atoms. The molecule has 1 amide bonds. The average Bonchev–Trinajstić information content (AvgIpc) is 2.24. The van der Waals surface area contributed by atoms with Crippen LogP contribution in [0.2, 0.25) is 0 Å². The Balaban J connectivity index is 2.47. The molecule has 1 N–H and O–H groups in total. The maximum Gasteiger partial charge on any atom is 0.414 e. The summed E-state index contributed by atoms with van der Waals surface area (Å²) in [6, 6.07) is 0. The second-order valence-corrected chi connectivity index (χ2v) is 5.79. The number of ether oxygens (including phenoxy) is 1. The van der Waals surface area contributed by atoms with Gasteiger partial charge in [-0.1, -0.05) is 0 Å². The fraction of sp³-hybridized carbons (Fsp3) is 0.917. The summed E-state index contributed by atoms with van der Waals surface area (Å²) in [4.78, 5) is 13.1. The molecule has 0 aromatic rings. The number of rotatable bonds is 1. The van der Waals surface area contributed by atoms with E-state index in [0.717, 1.165) is 0 Å². The van der Waals surface area contributed by atoms with E-state index in [9.17, 15) is 18.0 Å². The van der Waals surface area contributed by atoms with Crippen molar-refractivity contribution in [3.05, 3.63) is 0 Å². The Morgan fingerprint density at radius 3 is 2.11 bits per heavy atom. The van der Waals surface area contributed by atoms with Crippen LogP contribution < -0.4 is 0 Å². The van der Waals surface area contributed by atoms with Gasteiger partial charge in [-0.25, -0.2) is 4.79 Å². The Morgan fingerprint density at radius 2 is 1.74 bits per heavy atom. The second-order valence-electron chi connectivity index (χ2n) is 5.79. The molecule has 0 aliphatic carbocycles. The Kier molecular flexibility index (Phi) is 4.71. The summed E-state index contributed by atoms with van der Waals surface area (Å²) in [5.41, 5.74) is -0.626. The zero-order valence-electron chi connectivity index (χ0n) is 11.3. The highest BCUT2D eigenvalue weighted by atomic mass is 19.4. The van der Waals surface area contributed by atoms with Crippen LogP contribution in [0.5, 0.6) is 0 Å². The molecule has 0 spiro atoms. The predicted octanol–water partition coefficient (Wildman–Crippen LogP) is 2.56. The topological polar surface area (TPSA) is 49.8 Å². The van der Waals surface area contributed by atoms with Gasteiger partial charge >= 0.3 is 12.3 Å². The molecule has 1 aliphatic heterocycles. The van der Waals surface area contributed by atoms with Crippen molar-refractivity contribution in [2.45, 2.75) is 51.5 Å². The summed E-state index contributed by atoms with van der Waals surface area (Å²) in [7, 11) is 0. The third kappa shape index (κ3) is 4.89. The van der Waals surface area contributed by atoms with Crippen molar-refractivity contribution in [3.63, 3.8) is 0 Å². The van der Waals surface area contributed by atoms with Crippen molar-refractivity contribution >= 4 is 6.09 Å². The van der Waals surface area contributed by atoms with Crippen LogP contribution in [0.1, 0.15) is 33.6 Å². The van der Waals surface area contributed by atoms with Gasteiger partial charge in [-0.05, 0) is 39.5 Å². The highest BCUT2D eigenvalue weighted by molar-refractivity contribution is 5.68. The number of hydrogen-bond acceptors (Lipinski definition) is 3. The van der Waals surface area contributed by atoms with Crippen LogP contribution in [0.4, 0.5) is 18.0 Å². The smallest absolute Gasteiger partial charge is 0.414 e. The number of carbonyl (C=O) groups is 1. The normalized spacial score (nSPS) is 20.3. The number of aliphatic hydroxyl groups is 1. The number of carbonyl (C=O) groups excluding carboxylic acids is 1. The Bertz CT molecular complexity index is 317. The molecule has 1 heterocycles. The molecule has 1 saturated heterocycles. The number of likely N-dealkylation sites (tertiary alicyclic amines) is 1. The standard InChI is InChI=1S/C12H20F3NO3/c1-11(2,3)19-10(18)16-6-4-8(5-7-16)9(17)12(13,14)15/h8-9,17H,4-7H2,1-3H3. The Hall–Kier alpha value is -0.980. The predicted molar refractivity (Wildman–Crippen MR) is 62.6 cm³/mol. The average molecular weight is 283 g/mol. The summed E-state index contributed by atoms with van der Waals surface area (Å²) < 4.78 is 42.2. The highest BCUT2D eigenvalue weighted by Crippen LogP contribution is 2.31. The largest absolute Gasteiger partial charge is 0.444 e. The van der Waals surface area contributed by atoms with Crippen LogP contribution in [0.3, 0.4) is 0 Å². The van der Waals surface area contributed by atoms with E-state index in [1.807, 2.05) is 0 Å². The molecule has 0 aromatic carbocycles. The molecule has 1 rings (SSSR count). The van der Waals surface area contributed by atoms with Crippen molar-refractivity contribution in [1.29, 1.82) is 0 Å². The zero-order valence-corrected chi connectivity index (χ0v) is 11.3. The molecular weight excluding hydrogens is 263 g/mol. The first-order valence-corrected chi connectivity index (χ1v) is 6.23. The van der Waals surface area contributed by atoms with Gasteiger partial charge in [-0.3, -0.25) is 0 Å². The van der Waals surface area contributed by atoms with E-state index in [-0.39, 0.29) is 25.9 Å². The number of halogens is 3. The SMILES string of the molecule is CC(C)(C)OC(=O)N1CCC(C(O)C(F)(F)F)CC1. The van der Waals surface area contributed by atoms with Crippen LogP contribution in [0.15, 0.2) is 0 Å². The maximum atomic E-state index is 12.4. The van der Waals surface area contributed by atoms with E-state index in [0.29, 0.717) is 0 Å². The first-order chi connectivity index (χ1) is 8.50. The van der Waals surface area contributed by atoms with Crippen molar-refractivity contribution in [2.24, 2.45) is 5.92 Å². The van der Waals surface area contributed by atoms with E-state index < -0.39 is 29.9 Å². The van der Waals surface area contributed by atoms with E-state index in [4.69, 9.17) is 9.84 Å². The molecule has 1 unspecified atom stereocenters. The Labute approximate surface area is 110 Å². The summed E-state index contributed by atoms with van der Waals surface area (Å²) in [5.74, 6) is -0.848. The number of piperidine rings is 1. The molecule has 0 bridgehead atoms. The summed E-state index contributed by atoms with van der Waals surface area (Å²) in [5, 5.41) is 9.16. The van der Waals surface area contributed by atoms with Gasteiger partial charge in [0.15, 0.2) is 6.10 Å². The molecule has 7 heteroatoms. The second kappa shape index (κ2) is 5.56. The van der Waals surface area contributed by atoms with Crippen LogP contribution >= 0.6 is 0 Å². The lowest BCUT2D eigenvalue weighted by Gasteiger charge is -2.35. The third-order valence-electron chi connectivity index (χ3n) is 2.97. The third-order valence-corrected chi connectivity index (χ3v) is 2.97. The summed E-state index contributed by atoms with van der Waals surface area (Å²) >= 11 is 0. The van der Waals surface area contributed by atoms with Gasteiger partial charge < -0.3 is 14.7 Å². The van der Waals surface area contributed by atoms with Crippen molar-refractivity contribution in [3.8, 4) is 0 Å². The van der Waals surface area contributed by atoms with E-state index in [2.05, 4.69) is 0 Å². The molecule has 112 valence electrons. The number of hydrogen-bond donors (Lipinski definition) is 1. The minimum atomic E-state index is -4.60. The molecule has 0 aromatic heterocycles. The molecule has 1 fully saturated rings. The molecule has 0 radical (unpaired) electrons. The van der Waals surface area contributed by atoms with E-state index >= 15 is 0 Å². The van der Waals surface area contributed by atoms with E-state index in [1.165, 1.54) is 4.90 Å². The fourth-order valence-electron chi connectivity index (χ4n) is 1.99. The van der Waals surface area contributed by atoms with Crippen LogP contribution in [-0.4, -0.2) is 47.1 Å². The number of amides is 1. The molecule has 1 atom stereocenters. The molecule has 0 saturated carbocycles. The monoisotopic (exact) mass is 283 g/mol. The van der Waals surface area contributed by atoms with Gasteiger partial charge in [-0.15, -0.1) is 0 Å². The lowest BCUT2D eigenvalue weighted by atomic mass is 9.91. The van der Waals surface area contributed by atoms with Crippen molar-refractivity contribution in [2.75, 3.05) is 13.1 Å². The van der Waals surface area contributed by atoms with Crippen LogP contribution in [0, 0.1) is 5.92 Å². The van der Waals surface area contributed by atoms with Gasteiger partial charge in [0.1, 0.15) is 5.60 Å². The fourth-order valence-corrected chi connectivity index (χ4v) is 1.99. The van der Waals surface area contributed by atoms with Gasteiger partial charge in [0.05, 0.1) is 0 Å². The van der Waals surface area contributed by atoms with Crippen LogP contribution in [-0.2, 0) is 4.74 Å². The minimum Gasteiger partial charge on any atom is -0.444 e. The lowest BCUT2D eigenvalue weighted by Crippen LogP contribution is -2.46. The zero-order chi connectivity index (χ0) is 14.8. The number of nitrogens with zero attached hydrogens (tertiary/aromatic N) is 1. The summed E-state index contributed by atoms with van der Waals surface area (Å²) in [6.45, 7) is 5.53. The lowest BCUT2D eigenvalue weighted by molar-refractivity contribution is -0.222. The van der Waals surface area contributed by atoms with Gasteiger partial charge in [0.25, 0.3) is 0 Å². The van der Waals surface area contributed by atoms with Crippen molar-refractivity contribution < 1.29 is 27.8 Å². The number of alkyl halides is 3. The Morgan fingerprint density at radius 1 is 1.26 bits per heavy atom. The van der Waals surface area contributed by atoms with E-state index in [1.54, 1.807) is 20.8 Å². The first kappa shape index (κ1) is 16.1.